The maximum Gasteiger partial charge on any atom is 0.416 e. The predicted molar refractivity (Wildman–Crippen MR) is 111 cm³/mol. The van der Waals surface area contributed by atoms with Crippen molar-refractivity contribution < 1.29 is 31.5 Å². The number of fused-ring (bicyclic) bond motifs is 1. The van der Waals surface area contributed by atoms with Gasteiger partial charge in [0.2, 0.25) is 0 Å². The first-order valence-electron chi connectivity index (χ1n) is 10.2. The van der Waals surface area contributed by atoms with E-state index in [0.717, 1.165) is 19.1 Å². The topological polar surface area (TPSA) is 56.4 Å². The van der Waals surface area contributed by atoms with Gasteiger partial charge in [-0.15, -0.1) is 0 Å². The van der Waals surface area contributed by atoms with Crippen LogP contribution in [0.3, 0.4) is 0 Å². The lowest BCUT2D eigenvalue weighted by Crippen LogP contribution is -2.50. The van der Waals surface area contributed by atoms with Gasteiger partial charge in [-0.3, -0.25) is 9.59 Å². The summed E-state index contributed by atoms with van der Waals surface area (Å²) in [6.45, 7) is 1.58. The van der Waals surface area contributed by atoms with Crippen molar-refractivity contribution in [1.82, 2.24) is 14.8 Å². The van der Waals surface area contributed by atoms with E-state index in [1.54, 1.807) is 0 Å². The lowest BCUT2D eigenvalue weighted by Gasteiger charge is -2.34. The van der Waals surface area contributed by atoms with Gasteiger partial charge in [0.15, 0.2) is 0 Å². The Morgan fingerprint density at radius 3 is 2.06 bits per heavy atom. The molecule has 0 radical (unpaired) electrons. The molecule has 4 rings (SSSR count). The monoisotopic (exact) mass is 465 g/mol. The molecule has 174 valence electrons. The van der Waals surface area contributed by atoms with Gasteiger partial charge < -0.3 is 14.8 Å². The predicted octanol–water partition coefficient (Wildman–Crippen LogP) is 4.90. The molecule has 2 aromatic carbocycles. The van der Waals surface area contributed by atoms with E-state index >= 15 is 0 Å². The summed E-state index contributed by atoms with van der Waals surface area (Å²) in [5.41, 5.74) is -0.348. The second-order valence-electron chi connectivity index (χ2n) is 8.04. The third-order valence-electron chi connectivity index (χ3n) is 5.65. The lowest BCUT2D eigenvalue weighted by molar-refractivity contribution is -0.137. The zero-order valence-corrected chi connectivity index (χ0v) is 17.5. The van der Waals surface area contributed by atoms with E-state index in [2.05, 4.69) is 4.98 Å². The molecule has 0 atom stereocenters. The highest BCUT2D eigenvalue weighted by Crippen LogP contribution is 2.32. The molecule has 2 heterocycles. The highest BCUT2D eigenvalue weighted by molar-refractivity contribution is 5.98. The van der Waals surface area contributed by atoms with Crippen molar-refractivity contribution in [3.63, 3.8) is 0 Å². The molecule has 5 nitrogen and oxygen atoms in total. The molecule has 0 spiro atoms. The molecule has 0 saturated carbocycles. The number of benzene rings is 2. The molecular weight excluding hydrogens is 445 g/mol. The highest BCUT2D eigenvalue weighted by Gasteiger charge is 2.31. The number of alkyl halides is 5. The minimum atomic E-state index is -4.48. The smallest absolute Gasteiger partial charge is 0.351 e. The minimum absolute atomic E-state index is 0.143. The number of aromatic nitrogens is 1. The maximum atomic E-state index is 13.6. The van der Waals surface area contributed by atoms with Gasteiger partial charge in [-0.05, 0) is 36.4 Å². The normalized spacial score (nSPS) is 15.2. The van der Waals surface area contributed by atoms with Crippen molar-refractivity contribution in [3.05, 3.63) is 70.9 Å². The number of nitrogens with one attached hydrogen (secondary N) is 1. The van der Waals surface area contributed by atoms with Gasteiger partial charge in [0.1, 0.15) is 5.69 Å². The SMILES string of the molecule is CC(F)(F)c1cccc(C(=O)N2CCN(C(=O)c3cc4cc(C(F)(F)F)ccc4[nH]3)CC2)c1. The molecule has 0 unspecified atom stereocenters. The quantitative estimate of drug-likeness (QED) is 0.560. The van der Waals surface area contributed by atoms with Crippen LogP contribution < -0.4 is 0 Å². The summed E-state index contributed by atoms with van der Waals surface area (Å²) in [5, 5.41) is 0.273. The van der Waals surface area contributed by atoms with Gasteiger partial charge in [0.25, 0.3) is 17.7 Å². The lowest BCUT2D eigenvalue weighted by atomic mass is 10.1. The fourth-order valence-electron chi connectivity index (χ4n) is 3.82. The van der Waals surface area contributed by atoms with Crippen molar-refractivity contribution in [2.45, 2.75) is 19.0 Å². The molecule has 1 aliphatic rings. The molecular formula is C23H20F5N3O2. The third-order valence-corrected chi connectivity index (χ3v) is 5.65. The molecule has 1 fully saturated rings. The van der Waals surface area contributed by atoms with Gasteiger partial charge in [-0.25, -0.2) is 8.78 Å². The Balaban J connectivity index is 1.43. The first-order chi connectivity index (χ1) is 15.4. The standard InChI is InChI=1S/C23H20F5N3O2/c1-22(24,25)16-4-2-3-14(11-16)20(32)30-7-9-31(10-8-30)21(33)19-13-15-12-17(23(26,27)28)5-6-18(15)29-19/h2-6,11-13,29H,7-10H2,1H3. The second-order valence-corrected chi connectivity index (χ2v) is 8.04. The van der Waals surface area contributed by atoms with Gasteiger partial charge in [-0.2, -0.15) is 13.2 Å². The first-order valence-corrected chi connectivity index (χ1v) is 10.2. The molecule has 3 aromatic rings. The van der Waals surface area contributed by atoms with Crippen molar-refractivity contribution in [1.29, 1.82) is 0 Å². The average molecular weight is 465 g/mol. The van der Waals surface area contributed by atoms with E-state index in [9.17, 15) is 31.5 Å². The van der Waals surface area contributed by atoms with E-state index < -0.39 is 23.6 Å². The molecule has 0 aliphatic carbocycles. The van der Waals surface area contributed by atoms with Crippen molar-refractivity contribution in [2.24, 2.45) is 0 Å². The molecule has 10 heteroatoms. The Bertz CT molecular complexity index is 1200. The Kier molecular flexibility index (Phi) is 5.63. The number of aromatic amines is 1. The second kappa shape index (κ2) is 8.17. The van der Waals surface area contributed by atoms with Crippen LogP contribution in [-0.4, -0.2) is 52.8 Å². The number of rotatable bonds is 3. The average Bonchev–Trinajstić information content (AvgIpc) is 3.20. The molecule has 1 aliphatic heterocycles. The highest BCUT2D eigenvalue weighted by atomic mass is 19.4. The van der Waals surface area contributed by atoms with Crippen LogP contribution in [0.5, 0.6) is 0 Å². The molecule has 1 aromatic heterocycles. The number of H-pyrrole nitrogens is 1. The Morgan fingerprint density at radius 2 is 1.45 bits per heavy atom. The number of halogens is 5. The van der Waals surface area contributed by atoms with Gasteiger partial charge in [-0.1, -0.05) is 12.1 Å². The number of hydrogen-bond donors (Lipinski definition) is 1. The number of amides is 2. The van der Waals surface area contributed by atoms with Crippen molar-refractivity contribution >= 4 is 22.7 Å². The Labute approximate surface area is 185 Å². The largest absolute Gasteiger partial charge is 0.416 e. The number of nitrogens with zero attached hydrogens (tertiary/aromatic N) is 2. The van der Waals surface area contributed by atoms with E-state index in [4.69, 9.17) is 0 Å². The van der Waals surface area contributed by atoms with Gasteiger partial charge >= 0.3 is 6.18 Å². The summed E-state index contributed by atoms with van der Waals surface area (Å²) < 4.78 is 65.9. The first kappa shape index (κ1) is 22.8. The van der Waals surface area contributed by atoms with Gasteiger partial charge in [0, 0.05) is 55.1 Å². The minimum Gasteiger partial charge on any atom is -0.351 e. The molecule has 0 bridgehead atoms. The zero-order chi connectivity index (χ0) is 24.0. The summed E-state index contributed by atoms with van der Waals surface area (Å²) in [5.74, 6) is -3.86. The van der Waals surface area contributed by atoms with E-state index in [0.29, 0.717) is 5.52 Å². The summed E-state index contributed by atoms with van der Waals surface area (Å²) in [6, 6.07) is 9.87. The third kappa shape index (κ3) is 4.69. The number of carbonyl (C=O) groups is 2. The van der Waals surface area contributed by atoms with Crippen LogP contribution in [0.4, 0.5) is 22.0 Å². The maximum absolute atomic E-state index is 13.6. The molecule has 1 N–H and O–H groups in total. The van der Waals surface area contributed by atoms with Crippen LogP contribution in [-0.2, 0) is 12.1 Å². The van der Waals surface area contributed by atoms with Crippen LogP contribution in [0.25, 0.3) is 10.9 Å². The van der Waals surface area contributed by atoms with Crippen LogP contribution in [0.15, 0.2) is 48.5 Å². The van der Waals surface area contributed by atoms with Crippen LogP contribution in [0, 0.1) is 0 Å². The van der Waals surface area contributed by atoms with Crippen molar-refractivity contribution in [2.75, 3.05) is 26.2 Å². The van der Waals surface area contributed by atoms with Gasteiger partial charge in [0.05, 0.1) is 5.56 Å². The van der Waals surface area contributed by atoms with E-state index in [1.807, 2.05) is 0 Å². The van der Waals surface area contributed by atoms with Crippen LogP contribution in [0.1, 0.15) is 38.9 Å². The number of carbonyl (C=O) groups excluding carboxylic acids is 2. The number of hydrogen-bond acceptors (Lipinski definition) is 2. The van der Waals surface area contributed by atoms with E-state index in [1.165, 1.54) is 46.2 Å². The van der Waals surface area contributed by atoms with E-state index in [-0.39, 0.29) is 54.3 Å². The Hall–Kier alpha value is -3.43. The summed E-state index contributed by atoms with van der Waals surface area (Å²) in [4.78, 5) is 31.4. The Morgan fingerprint density at radius 1 is 0.818 bits per heavy atom. The fourth-order valence-corrected chi connectivity index (χ4v) is 3.82. The zero-order valence-electron chi connectivity index (χ0n) is 17.5. The number of piperazine rings is 1. The molecule has 33 heavy (non-hydrogen) atoms. The summed E-state index contributed by atoms with van der Waals surface area (Å²) >= 11 is 0. The van der Waals surface area contributed by atoms with Crippen LogP contribution >= 0.6 is 0 Å². The molecule has 1 saturated heterocycles. The summed E-state index contributed by atoms with van der Waals surface area (Å²) in [6.07, 6.45) is -4.48. The molecule has 2 amide bonds. The van der Waals surface area contributed by atoms with Crippen molar-refractivity contribution in [3.8, 4) is 0 Å². The summed E-state index contributed by atoms with van der Waals surface area (Å²) in [7, 11) is 0. The fraction of sp³-hybridized carbons (Fsp3) is 0.304. The van der Waals surface area contributed by atoms with Crippen LogP contribution in [0.2, 0.25) is 0 Å².